The van der Waals surface area contributed by atoms with E-state index in [0.29, 0.717) is 0 Å². The Bertz CT molecular complexity index is 3270. The summed E-state index contributed by atoms with van der Waals surface area (Å²) in [4.78, 5) is 22.1. The second kappa shape index (κ2) is 21.0. The van der Waals surface area contributed by atoms with Gasteiger partial charge in [0.15, 0.2) is 0 Å². The molecule has 2 aliphatic heterocycles. The molecule has 4 aromatic carbocycles. The Morgan fingerprint density at radius 3 is 0.658 bits per heavy atom. The molecule has 8 bridgehead atoms. The molecule has 0 spiro atoms. The third kappa shape index (κ3) is 13.1. The summed E-state index contributed by atoms with van der Waals surface area (Å²) in [5.74, 6) is 13.8. The molecule has 9 rings (SSSR count). The van der Waals surface area contributed by atoms with Crippen molar-refractivity contribution in [3.05, 3.63) is 166 Å². The molecule has 4 nitrogen and oxygen atoms in total. The second-order valence-electron chi connectivity index (χ2n) is 22.7. The third-order valence-corrected chi connectivity index (χ3v) is 15.1. The second-order valence-corrected chi connectivity index (χ2v) is 41.7. The van der Waals surface area contributed by atoms with E-state index in [0.717, 1.165) is 112 Å². The molecule has 0 amide bonds. The largest absolute Gasteiger partial charge is 2.00 e. The van der Waals surface area contributed by atoms with Crippen molar-refractivity contribution in [1.82, 2.24) is 19.9 Å². The van der Waals surface area contributed by atoms with E-state index in [-0.39, 0.29) is 19.5 Å². The first-order valence-electron chi connectivity index (χ1n) is 24.7. The van der Waals surface area contributed by atoms with Crippen molar-refractivity contribution in [2.45, 2.75) is 78.6 Å². The van der Waals surface area contributed by atoms with Crippen LogP contribution in [0.25, 0.3) is 90.9 Å². The predicted octanol–water partition coefficient (Wildman–Crippen LogP) is 15.5. The van der Waals surface area contributed by atoms with Gasteiger partial charge in [-0.15, -0.1) is 44.2 Å². The van der Waals surface area contributed by atoms with E-state index in [2.05, 4.69) is 270 Å². The number of nitrogens with zero attached hydrogens (tertiary/aromatic N) is 4. The van der Waals surface area contributed by atoms with Crippen LogP contribution in [0.5, 0.6) is 0 Å². The van der Waals surface area contributed by atoms with Gasteiger partial charge in [-0.05, 0) is 117 Å². The van der Waals surface area contributed by atoms with Crippen molar-refractivity contribution in [3.63, 3.8) is 0 Å². The predicted molar refractivity (Wildman–Crippen MR) is 319 cm³/mol. The van der Waals surface area contributed by atoms with Crippen LogP contribution in [0.1, 0.15) is 45.0 Å². The zero-order chi connectivity index (χ0) is 51.0. The molecule has 0 saturated carbocycles. The first-order chi connectivity index (χ1) is 34.1. The summed E-state index contributed by atoms with van der Waals surface area (Å²) in [7, 11) is -6.31. The maximum Gasteiger partial charge on any atom is 2.00 e. The Kier molecular flexibility index (Phi) is 15.1. The maximum atomic E-state index is 5.51. The Labute approximate surface area is 450 Å². The van der Waals surface area contributed by atoms with E-state index < -0.39 is 32.3 Å². The van der Waals surface area contributed by atoms with Gasteiger partial charge in [0, 0.05) is 22.3 Å². The van der Waals surface area contributed by atoms with E-state index in [1.807, 2.05) is 0 Å². The molecule has 0 saturated heterocycles. The summed E-state index contributed by atoms with van der Waals surface area (Å²) in [6.45, 7) is 27.2. The molecule has 3 aromatic heterocycles. The molecule has 0 unspecified atom stereocenters. The molecule has 7 aromatic rings. The van der Waals surface area contributed by atoms with Gasteiger partial charge in [0.05, 0.1) is 22.8 Å². The van der Waals surface area contributed by atoms with Crippen LogP contribution in [0.3, 0.4) is 0 Å². The van der Waals surface area contributed by atoms with E-state index in [1.54, 1.807) is 0 Å². The minimum absolute atomic E-state index is 0. The SMILES string of the molecule is C[Si](C)(C)C#Cc1ccc(-c2c3nc(c(-c4ccc(C#C[Si](C)(C)C)cc4)c4ccc([n-]4)c(-c4ccc(C#C[Si](C)(C)C)cc4)c4nc(c(-c5ccc(C#C[Si](C)(C)C)cc5)c5ccc2[n-]5)C=C4)C=C3)cc1.[Zn+2]. The van der Waals surface area contributed by atoms with Crippen molar-refractivity contribution < 1.29 is 19.5 Å². The quantitative estimate of drug-likeness (QED) is 0.130. The van der Waals surface area contributed by atoms with Gasteiger partial charge in [-0.3, -0.25) is 0 Å². The average Bonchev–Trinajstić information content (AvgIpc) is 4.18. The Balaban J connectivity index is 0.00000711. The van der Waals surface area contributed by atoms with E-state index in [9.17, 15) is 0 Å². The molecule has 0 atom stereocenters. The van der Waals surface area contributed by atoms with E-state index >= 15 is 0 Å². The van der Waals surface area contributed by atoms with Crippen LogP contribution < -0.4 is 9.97 Å². The summed E-state index contributed by atoms with van der Waals surface area (Å²) >= 11 is 0. The van der Waals surface area contributed by atoms with Crippen molar-refractivity contribution in [2.75, 3.05) is 0 Å². The smallest absolute Gasteiger partial charge is 0.657 e. The van der Waals surface area contributed by atoms with E-state index in [4.69, 9.17) is 19.9 Å². The van der Waals surface area contributed by atoms with Crippen molar-refractivity contribution in [1.29, 1.82) is 0 Å². The molecular weight excluding hydrogens is 1000 g/mol. The molecule has 0 N–H and O–H groups in total. The van der Waals surface area contributed by atoms with Gasteiger partial charge in [0.25, 0.3) is 0 Å². The molecule has 9 heteroatoms. The summed E-state index contributed by atoms with van der Waals surface area (Å²) < 4.78 is 0. The molecule has 5 heterocycles. The van der Waals surface area contributed by atoms with Crippen LogP contribution in [0.4, 0.5) is 0 Å². The zero-order valence-corrected chi connectivity index (χ0v) is 51.3. The molecule has 354 valence electrons. The van der Waals surface area contributed by atoms with Crippen molar-refractivity contribution in [2.24, 2.45) is 0 Å². The fourth-order valence-electron chi connectivity index (χ4n) is 8.19. The summed E-state index contributed by atoms with van der Waals surface area (Å²) in [5.41, 5.74) is 32.3. The van der Waals surface area contributed by atoms with Crippen LogP contribution in [-0.4, -0.2) is 42.3 Å². The maximum absolute atomic E-state index is 5.51. The topological polar surface area (TPSA) is 54.0 Å². The fraction of sp³-hybridized carbons (Fsp3) is 0.188. The van der Waals surface area contributed by atoms with Crippen LogP contribution >= 0.6 is 0 Å². The molecule has 0 aliphatic carbocycles. The van der Waals surface area contributed by atoms with Gasteiger partial charge < -0.3 is 9.97 Å². The third-order valence-electron chi connectivity index (χ3n) is 11.6. The Morgan fingerprint density at radius 1 is 0.288 bits per heavy atom. The monoisotopic (exact) mass is 1060 g/mol. The molecule has 2 aliphatic rings. The van der Waals surface area contributed by atoms with Crippen molar-refractivity contribution >= 4 is 78.7 Å². The summed E-state index contributed by atoms with van der Waals surface area (Å²) in [6.07, 6.45) is 8.47. The first-order valence-corrected chi connectivity index (χ1v) is 38.7. The van der Waals surface area contributed by atoms with Gasteiger partial charge in [-0.1, -0.05) is 175 Å². The first kappa shape index (κ1) is 52.5. The zero-order valence-electron chi connectivity index (χ0n) is 44.4. The minimum Gasteiger partial charge on any atom is -0.657 e. The molecule has 73 heavy (non-hydrogen) atoms. The number of fused-ring (bicyclic) bond motifs is 8. The fourth-order valence-corrected chi connectivity index (χ4v) is 10.3. The summed E-state index contributed by atoms with van der Waals surface area (Å²) in [5, 5.41) is 0. The van der Waals surface area contributed by atoms with Crippen LogP contribution in [0.15, 0.2) is 121 Å². The molecule has 0 fully saturated rings. The number of aromatic nitrogens is 4. The van der Waals surface area contributed by atoms with Gasteiger partial charge >= 0.3 is 19.5 Å². The van der Waals surface area contributed by atoms with Gasteiger partial charge in [-0.2, -0.15) is 0 Å². The number of benzene rings is 4. The van der Waals surface area contributed by atoms with Crippen LogP contribution in [0, 0.1) is 45.9 Å². The van der Waals surface area contributed by atoms with Gasteiger partial charge in [-0.25, -0.2) is 9.97 Å². The van der Waals surface area contributed by atoms with Crippen LogP contribution in [0.2, 0.25) is 78.6 Å². The molecular formula is C64H60N4Si4Zn. The summed E-state index contributed by atoms with van der Waals surface area (Å²) in [6, 6.07) is 42.6. The van der Waals surface area contributed by atoms with Crippen molar-refractivity contribution in [3.8, 4) is 90.4 Å². The van der Waals surface area contributed by atoms with Gasteiger partial charge in [0.1, 0.15) is 32.3 Å². The van der Waals surface area contributed by atoms with Crippen LogP contribution in [-0.2, 0) is 19.5 Å². The minimum atomic E-state index is -1.58. The molecule has 0 radical (unpaired) electrons. The van der Waals surface area contributed by atoms with E-state index in [1.165, 1.54) is 0 Å². The average molecular weight is 1060 g/mol. The Hall–Kier alpha value is -6.79. The number of hydrogen-bond donors (Lipinski definition) is 0. The number of rotatable bonds is 4. The Morgan fingerprint density at radius 2 is 0.479 bits per heavy atom. The standard InChI is InChI=1S/C64H60N4Si4.Zn/c1-69(2,3)41-37-45-13-21-49(22-14-45)61-53-29-31-55(65-53)62(50-23-15-46(16-24-50)38-42-70(4,5)6)57-33-35-59(67-57)64(52-27-19-48(20-28-52)40-44-72(10,11)12)60-36-34-58(68-60)63(56-32-30-54(61)66-56)51-25-17-47(18-26-51)39-43-71(7,8)9;/h13-36H,1-12H3;/q-2;+2. The number of hydrogen-bond acceptors (Lipinski definition) is 2. The normalized spacial score (nSPS) is 12.0. The van der Waals surface area contributed by atoms with Gasteiger partial charge in [0.2, 0.25) is 0 Å².